The Bertz CT molecular complexity index is 1940. The smallest absolute Gasteiger partial charge is 0.250 e. The Labute approximate surface area is 219 Å². The SMILES string of the molecule is c1cc(B2c3ccccc3Oc3ccccc32)cc(-c2cccc3c2sc2c4ccccc4ccc32)c1. The van der Waals surface area contributed by atoms with Crippen molar-refractivity contribution < 1.29 is 4.74 Å². The highest BCUT2D eigenvalue weighted by Crippen LogP contribution is 2.42. The van der Waals surface area contributed by atoms with Gasteiger partial charge in [-0.15, -0.1) is 11.3 Å². The van der Waals surface area contributed by atoms with Crippen molar-refractivity contribution in [2.75, 3.05) is 0 Å². The number of para-hydroxylation sites is 2. The molecule has 37 heavy (non-hydrogen) atoms. The van der Waals surface area contributed by atoms with Crippen LogP contribution in [0.1, 0.15) is 0 Å². The molecule has 2 heterocycles. The molecule has 0 radical (unpaired) electrons. The molecule has 1 nitrogen and oxygen atoms in total. The predicted octanol–water partition coefficient (Wildman–Crippen LogP) is 7.50. The summed E-state index contributed by atoms with van der Waals surface area (Å²) in [6, 6.07) is 45.9. The molecule has 0 amide bonds. The molecule has 0 fully saturated rings. The molecular weight excluding hydrogens is 467 g/mol. The topological polar surface area (TPSA) is 9.23 Å². The van der Waals surface area contributed by atoms with Crippen LogP contribution < -0.4 is 21.1 Å². The number of benzene rings is 6. The minimum Gasteiger partial charge on any atom is -0.458 e. The van der Waals surface area contributed by atoms with E-state index in [1.807, 2.05) is 23.5 Å². The van der Waals surface area contributed by atoms with Gasteiger partial charge in [-0.25, -0.2) is 0 Å². The average Bonchev–Trinajstić information content (AvgIpc) is 3.35. The maximum absolute atomic E-state index is 6.27. The van der Waals surface area contributed by atoms with Crippen molar-refractivity contribution >= 4 is 65.4 Å². The zero-order chi connectivity index (χ0) is 24.3. The van der Waals surface area contributed by atoms with E-state index in [2.05, 4.69) is 115 Å². The van der Waals surface area contributed by atoms with Crippen LogP contribution in [0.2, 0.25) is 0 Å². The van der Waals surface area contributed by atoms with Crippen LogP contribution in [-0.4, -0.2) is 6.71 Å². The van der Waals surface area contributed by atoms with Crippen molar-refractivity contribution in [3.63, 3.8) is 0 Å². The van der Waals surface area contributed by atoms with Crippen molar-refractivity contribution in [1.82, 2.24) is 0 Å². The standard InChI is InChI=1S/C34H21BOS/c1-2-12-25-22(9-1)19-20-28-27-14-8-13-26(34(27)37-33(25)28)23-10-7-11-24(21-23)35-29-15-3-5-17-31(29)36-32-18-6-4-16-30(32)35/h1-21H. The zero-order valence-corrected chi connectivity index (χ0v) is 20.8. The average molecular weight is 488 g/mol. The molecule has 0 aliphatic carbocycles. The normalized spacial score (nSPS) is 12.5. The molecular formula is C34H21BOS. The van der Waals surface area contributed by atoms with Crippen LogP contribution in [0.25, 0.3) is 42.1 Å². The van der Waals surface area contributed by atoms with E-state index in [9.17, 15) is 0 Å². The molecule has 8 rings (SSSR count). The first-order chi connectivity index (χ1) is 18.3. The van der Waals surface area contributed by atoms with E-state index < -0.39 is 0 Å². The van der Waals surface area contributed by atoms with E-state index in [0.29, 0.717) is 0 Å². The second kappa shape index (κ2) is 8.09. The van der Waals surface area contributed by atoms with Crippen molar-refractivity contribution in [2.45, 2.75) is 0 Å². The molecule has 0 unspecified atom stereocenters. The van der Waals surface area contributed by atoms with E-state index in [1.165, 1.54) is 58.5 Å². The first-order valence-corrected chi connectivity index (χ1v) is 13.5. The Kier molecular flexibility index (Phi) is 4.55. The fraction of sp³-hybridized carbons (Fsp3) is 0. The van der Waals surface area contributed by atoms with Crippen LogP contribution in [0.3, 0.4) is 0 Å². The van der Waals surface area contributed by atoms with Crippen LogP contribution in [0.15, 0.2) is 127 Å². The molecule has 6 aromatic carbocycles. The maximum Gasteiger partial charge on any atom is 0.250 e. The largest absolute Gasteiger partial charge is 0.458 e. The fourth-order valence-corrected chi connectivity index (χ4v) is 7.28. The second-order valence-corrected chi connectivity index (χ2v) is 10.7. The summed E-state index contributed by atoms with van der Waals surface area (Å²) in [4.78, 5) is 0. The summed E-state index contributed by atoms with van der Waals surface area (Å²) in [5.41, 5.74) is 6.25. The Morgan fingerprint density at radius 1 is 0.514 bits per heavy atom. The van der Waals surface area contributed by atoms with E-state index in [0.717, 1.165) is 11.5 Å². The highest BCUT2D eigenvalue weighted by Gasteiger charge is 2.32. The van der Waals surface area contributed by atoms with Gasteiger partial charge in [0, 0.05) is 20.2 Å². The summed E-state index contributed by atoms with van der Waals surface area (Å²) >= 11 is 1.91. The Balaban J connectivity index is 1.34. The lowest BCUT2D eigenvalue weighted by atomic mass is 9.36. The molecule has 1 aliphatic heterocycles. The molecule has 0 N–H and O–H groups in total. The minimum atomic E-state index is 0.131. The van der Waals surface area contributed by atoms with Gasteiger partial charge >= 0.3 is 0 Å². The molecule has 1 aliphatic rings. The van der Waals surface area contributed by atoms with Gasteiger partial charge in [0.25, 0.3) is 6.71 Å². The number of rotatable bonds is 2. The lowest BCUT2D eigenvalue weighted by Crippen LogP contribution is -2.54. The maximum atomic E-state index is 6.27. The molecule has 0 spiro atoms. The number of fused-ring (bicyclic) bond motifs is 7. The summed E-state index contributed by atoms with van der Waals surface area (Å²) in [6.07, 6.45) is 0. The Morgan fingerprint density at radius 3 is 2.03 bits per heavy atom. The molecule has 0 atom stereocenters. The molecule has 0 saturated heterocycles. The monoisotopic (exact) mass is 488 g/mol. The Hall–Kier alpha value is -4.34. The van der Waals surface area contributed by atoms with E-state index in [4.69, 9.17) is 4.74 Å². The first kappa shape index (κ1) is 20.8. The van der Waals surface area contributed by atoms with Gasteiger partial charge in [-0.2, -0.15) is 0 Å². The molecule has 1 aromatic heterocycles. The molecule has 172 valence electrons. The molecule has 3 heteroatoms. The van der Waals surface area contributed by atoms with Crippen molar-refractivity contribution in [3.8, 4) is 22.6 Å². The van der Waals surface area contributed by atoms with Gasteiger partial charge in [0.15, 0.2) is 0 Å². The van der Waals surface area contributed by atoms with Gasteiger partial charge in [0.2, 0.25) is 0 Å². The van der Waals surface area contributed by atoms with Crippen molar-refractivity contribution in [2.24, 2.45) is 0 Å². The summed E-state index contributed by atoms with van der Waals surface area (Å²) in [5.74, 6) is 1.88. The fourth-order valence-electron chi connectivity index (χ4n) is 5.91. The number of thiophene rings is 1. The molecule has 0 bridgehead atoms. The van der Waals surface area contributed by atoms with Crippen molar-refractivity contribution in [3.05, 3.63) is 127 Å². The third-order valence-electron chi connectivity index (χ3n) is 7.60. The van der Waals surface area contributed by atoms with Gasteiger partial charge in [0.05, 0.1) is 0 Å². The van der Waals surface area contributed by atoms with Gasteiger partial charge in [-0.3, -0.25) is 0 Å². The number of ether oxygens (including phenoxy) is 1. The second-order valence-electron chi connectivity index (χ2n) is 9.68. The van der Waals surface area contributed by atoms with Gasteiger partial charge < -0.3 is 4.74 Å². The summed E-state index contributed by atoms with van der Waals surface area (Å²) in [6.45, 7) is 0.131. The quantitative estimate of drug-likeness (QED) is 0.229. The predicted molar refractivity (Wildman–Crippen MR) is 160 cm³/mol. The minimum absolute atomic E-state index is 0.131. The summed E-state index contributed by atoms with van der Waals surface area (Å²) < 4.78 is 8.98. The van der Waals surface area contributed by atoms with Gasteiger partial charge in [0.1, 0.15) is 11.5 Å². The Morgan fingerprint density at radius 2 is 1.19 bits per heavy atom. The first-order valence-electron chi connectivity index (χ1n) is 12.6. The van der Waals surface area contributed by atoms with Crippen LogP contribution in [-0.2, 0) is 0 Å². The summed E-state index contributed by atoms with van der Waals surface area (Å²) in [7, 11) is 0. The van der Waals surface area contributed by atoms with E-state index in [-0.39, 0.29) is 6.71 Å². The van der Waals surface area contributed by atoms with Crippen LogP contribution in [0, 0.1) is 0 Å². The van der Waals surface area contributed by atoms with Gasteiger partial charge in [-0.1, -0.05) is 121 Å². The van der Waals surface area contributed by atoms with Crippen LogP contribution in [0.4, 0.5) is 0 Å². The van der Waals surface area contributed by atoms with Gasteiger partial charge in [-0.05, 0) is 45.0 Å². The lowest BCUT2D eigenvalue weighted by molar-refractivity contribution is 0.487. The highest BCUT2D eigenvalue weighted by atomic mass is 32.1. The van der Waals surface area contributed by atoms with Crippen molar-refractivity contribution in [1.29, 1.82) is 0 Å². The lowest BCUT2D eigenvalue weighted by Gasteiger charge is -2.26. The number of hydrogen-bond acceptors (Lipinski definition) is 2. The zero-order valence-electron chi connectivity index (χ0n) is 20.0. The van der Waals surface area contributed by atoms with E-state index >= 15 is 0 Å². The number of hydrogen-bond donors (Lipinski definition) is 0. The molecule has 7 aromatic rings. The van der Waals surface area contributed by atoms with Crippen LogP contribution >= 0.6 is 11.3 Å². The highest BCUT2D eigenvalue weighted by molar-refractivity contribution is 7.27. The molecule has 0 saturated carbocycles. The van der Waals surface area contributed by atoms with Crippen LogP contribution in [0.5, 0.6) is 11.5 Å². The third kappa shape index (κ3) is 3.18. The third-order valence-corrected chi connectivity index (χ3v) is 8.89. The van der Waals surface area contributed by atoms with E-state index in [1.54, 1.807) is 0 Å². The summed E-state index contributed by atoms with van der Waals surface area (Å²) in [5, 5.41) is 5.29.